The number of sulfone groups is 1. The van der Waals surface area contributed by atoms with Crippen LogP contribution in [0.25, 0.3) is 0 Å². The average Bonchev–Trinajstić information content (AvgIpc) is 3.32. The molecule has 0 aliphatic carbocycles. The second kappa shape index (κ2) is 10.0. The van der Waals surface area contributed by atoms with Gasteiger partial charge in [0, 0.05) is 39.7 Å². The Morgan fingerprint density at radius 2 is 1.97 bits per heavy atom. The summed E-state index contributed by atoms with van der Waals surface area (Å²) in [6, 6.07) is 0. The second-order valence-corrected chi connectivity index (χ2v) is 10.2. The molecule has 8 nitrogen and oxygen atoms in total. The molecule has 3 rings (SSSR count). The monoisotopic (exact) mass is 426 g/mol. The van der Waals surface area contributed by atoms with Crippen LogP contribution in [0.15, 0.2) is 11.4 Å². The molecule has 3 heterocycles. The Labute approximate surface area is 174 Å². The number of aromatic nitrogens is 2. The molecule has 2 fully saturated rings. The third-order valence-corrected chi connectivity index (χ3v) is 7.79. The van der Waals surface area contributed by atoms with Gasteiger partial charge in [0.05, 0.1) is 24.3 Å². The van der Waals surface area contributed by atoms with Crippen LogP contribution in [0.4, 0.5) is 0 Å². The molecule has 0 radical (unpaired) electrons. The van der Waals surface area contributed by atoms with Crippen molar-refractivity contribution in [1.82, 2.24) is 19.4 Å². The molecule has 9 heteroatoms. The van der Waals surface area contributed by atoms with E-state index in [2.05, 4.69) is 9.88 Å². The Balaban J connectivity index is 1.55. The van der Waals surface area contributed by atoms with Gasteiger partial charge in [0.2, 0.25) is 20.9 Å². The summed E-state index contributed by atoms with van der Waals surface area (Å²) in [7, 11) is -1.75. The minimum atomic E-state index is -3.36. The summed E-state index contributed by atoms with van der Waals surface area (Å²) in [6.07, 6.45) is 6.74. The first-order chi connectivity index (χ1) is 13.9. The van der Waals surface area contributed by atoms with Gasteiger partial charge in [0.15, 0.2) is 0 Å². The number of imidazole rings is 1. The van der Waals surface area contributed by atoms with E-state index in [-0.39, 0.29) is 10.9 Å². The zero-order valence-electron chi connectivity index (χ0n) is 17.7. The van der Waals surface area contributed by atoms with Crippen molar-refractivity contribution in [2.75, 3.05) is 45.6 Å². The molecule has 0 N–H and O–H groups in total. The van der Waals surface area contributed by atoms with Gasteiger partial charge in [-0.05, 0) is 44.7 Å². The maximum Gasteiger partial charge on any atom is 0.227 e. The van der Waals surface area contributed by atoms with Crippen molar-refractivity contribution in [3.05, 3.63) is 11.9 Å². The predicted octanol–water partition coefficient (Wildman–Crippen LogP) is 1.55. The summed E-state index contributed by atoms with van der Waals surface area (Å²) < 4.78 is 31.7. The van der Waals surface area contributed by atoms with E-state index < -0.39 is 9.84 Å². The molecule has 1 aromatic heterocycles. The molecule has 1 amide bonds. The number of methoxy groups -OCH3 is 1. The first-order valence-corrected chi connectivity index (χ1v) is 12.4. The molecule has 2 aliphatic rings. The van der Waals surface area contributed by atoms with Crippen LogP contribution < -0.4 is 0 Å². The van der Waals surface area contributed by atoms with E-state index in [0.717, 1.165) is 57.6 Å². The predicted molar refractivity (Wildman–Crippen MR) is 110 cm³/mol. The maximum atomic E-state index is 12.4. The molecule has 0 bridgehead atoms. The van der Waals surface area contributed by atoms with Gasteiger partial charge < -0.3 is 14.2 Å². The van der Waals surface area contributed by atoms with Crippen molar-refractivity contribution in [3.8, 4) is 0 Å². The highest BCUT2D eigenvalue weighted by molar-refractivity contribution is 7.91. The molecule has 0 saturated carbocycles. The molecular weight excluding hydrogens is 392 g/mol. The van der Waals surface area contributed by atoms with Gasteiger partial charge in [-0.15, -0.1) is 0 Å². The topological polar surface area (TPSA) is 84.7 Å². The molecule has 0 atom stereocenters. The molecule has 1 aromatic rings. The smallest absolute Gasteiger partial charge is 0.227 e. The first kappa shape index (κ1) is 22.2. The lowest BCUT2D eigenvalue weighted by molar-refractivity contribution is -0.127. The largest absolute Gasteiger partial charge is 0.383 e. The van der Waals surface area contributed by atoms with E-state index in [4.69, 9.17) is 4.74 Å². The van der Waals surface area contributed by atoms with Crippen LogP contribution >= 0.6 is 0 Å². The number of rotatable bonds is 10. The summed E-state index contributed by atoms with van der Waals surface area (Å²) in [5.74, 6) is 1.01. The van der Waals surface area contributed by atoms with E-state index in [1.807, 2.05) is 4.90 Å². The summed E-state index contributed by atoms with van der Waals surface area (Å²) in [5, 5.41) is 0.150. The highest BCUT2D eigenvalue weighted by Gasteiger charge is 2.26. The fourth-order valence-electron chi connectivity index (χ4n) is 4.26. The number of hydrogen-bond acceptors (Lipinski definition) is 6. The van der Waals surface area contributed by atoms with Crippen LogP contribution in [-0.4, -0.2) is 79.3 Å². The number of carbonyl (C=O) groups excluding carboxylic acids is 1. The van der Waals surface area contributed by atoms with Crippen LogP contribution in [0.1, 0.15) is 44.7 Å². The van der Waals surface area contributed by atoms with Crippen molar-refractivity contribution in [1.29, 1.82) is 0 Å². The quantitative estimate of drug-likeness (QED) is 0.564. The SMILES string of the molecule is CCS(=O)(=O)c1ncc(CN2CCC(CCN3CCCC3=O)CC2)n1CCOC. The zero-order chi connectivity index (χ0) is 20.9. The lowest BCUT2D eigenvalue weighted by Crippen LogP contribution is -2.35. The van der Waals surface area contributed by atoms with Gasteiger partial charge in [-0.1, -0.05) is 6.92 Å². The van der Waals surface area contributed by atoms with E-state index in [0.29, 0.717) is 37.9 Å². The van der Waals surface area contributed by atoms with Gasteiger partial charge in [-0.2, -0.15) is 0 Å². The number of ether oxygens (including phenoxy) is 1. The van der Waals surface area contributed by atoms with E-state index in [1.54, 1.807) is 24.8 Å². The number of hydrogen-bond donors (Lipinski definition) is 0. The minimum absolute atomic E-state index is 0.0430. The normalized spacial score (nSPS) is 19.4. The van der Waals surface area contributed by atoms with Crippen molar-refractivity contribution in [2.24, 2.45) is 5.92 Å². The minimum Gasteiger partial charge on any atom is -0.383 e. The van der Waals surface area contributed by atoms with Crippen molar-refractivity contribution in [3.63, 3.8) is 0 Å². The highest BCUT2D eigenvalue weighted by Crippen LogP contribution is 2.24. The summed E-state index contributed by atoms with van der Waals surface area (Å²) in [6.45, 7) is 7.08. The van der Waals surface area contributed by atoms with Crippen molar-refractivity contribution >= 4 is 15.7 Å². The molecule has 0 spiro atoms. The third kappa shape index (κ3) is 5.58. The Morgan fingerprint density at radius 3 is 2.59 bits per heavy atom. The fourth-order valence-corrected chi connectivity index (χ4v) is 5.27. The maximum absolute atomic E-state index is 12.4. The molecule has 2 aliphatic heterocycles. The van der Waals surface area contributed by atoms with Gasteiger partial charge >= 0.3 is 0 Å². The Hall–Kier alpha value is -1.45. The molecule has 2 saturated heterocycles. The molecule has 164 valence electrons. The number of amides is 1. The molecule has 0 unspecified atom stereocenters. The van der Waals surface area contributed by atoms with E-state index in [9.17, 15) is 13.2 Å². The zero-order valence-corrected chi connectivity index (χ0v) is 18.5. The highest BCUT2D eigenvalue weighted by atomic mass is 32.2. The van der Waals surface area contributed by atoms with Gasteiger partial charge in [0.25, 0.3) is 0 Å². The van der Waals surface area contributed by atoms with Crippen LogP contribution in [0.3, 0.4) is 0 Å². The van der Waals surface area contributed by atoms with E-state index in [1.165, 1.54) is 0 Å². The summed E-state index contributed by atoms with van der Waals surface area (Å²) >= 11 is 0. The Bertz CT molecular complexity index is 784. The lowest BCUT2D eigenvalue weighted by atomic mass is 9.93. The van der Waals surface area contributed by atoms with Gasteiger partial charge in [-0.3, -0.25) is 9.69 Å². The fraction of sp³-hybridized carbons (Fsp3) is 0.800. The van der Waals surface area contributed by atoms with Crippen LogP contribution in [-0.2, 0) is 32.5 Å². The molecule has 29 heavy (non-hydrogen) atoms. The Morgan fingerprint density at radius 1 is 1.21 bits per heavy atom. The van der Waals surface area contributed by atoms with Crippen LogP contribution in [0, 0.1) is 5.92 Å². The third-order valence-electron chi connectivity index (χ3n) is 6.15. The summed E-state index contributed by atoms with van der Waals surface area (Å²) in [4.78, 5) is 20.4. The number of piperidine rings is 1. The van der Waals surface area contributed by atoms with Gasteiger partial charge in [-0.25, -0.2) is 13.4 Å². The van der Waals surface area contributed by atoms with Gasteiger partial charge in [0.1, 0.15) is 0 Å². The molecule has 0 aromatic carbocycles. The first-order valence-electron chi connectivity index (χ1n) is 10.7. The standard InChI is InChI=1S/C20H34N4O4S/c1-3-29(26,27)20-21-15-18(24(20)13-14-28-2)16-22-10-6-17(7-11-22)8-12-23-9-4-5-19(23)25/h15,17H,3-14,16H2,1-2H3. The average molecular weight is 427 g/mol. The van der Waals surface area contributed by atoms with Crippen molar-refractivity contribution < 1.29 is 17.9 Å². The lowest BCUT2D eigenvalue weighted by Gasteiger charge is -2.32. The number of carbonyl (C=O) groups is 1. The molecular formula is C20H34N4O4S. The summed E-state index contributed by atoms with van der Waals surface area (Å²) in [5.41, 5.74) is 0.926. The van der Waals surface area contributed by atoms with Crippen LogP contribution in [0.2, 0.25) is 0 Å². The number of nitrogens with zero attached hydrogens (tertiary/aromatic N) is 4. The van der Waals surface area contributed by atoms with Crippen LogP contribution in [0.5, 0.6) is 0 Å². The Kier molecular flexibility index (Phi) is 7.70. The van der Waals surface area contributed by atoms with Crippen molar-refractivity contribution in [2.45, 2.75) is 57.3 Å². The number of likely N-dealkylation sites (tertiary alicyclic amines) is 2. The van der Waals surface area contributed by atoms with E-state index >= 15 is 0 Å². The second-order valence-electron chi connectivity index (χ2n) is 8.07.